The number of nitrogens with zero attached hydrogens (tertiary/aromatic N) is 2. The minimum Gasteiger partial charge on any atom is -0.496 e. The van der Waals surface area contributed by atoms with E-state index in [1.807, 2.05) is 31.7 Å². The SMILES string of the molecule is COc1cc(C)c(S(=O)(=O)N2CCCCC2CCN2CCCC2=O)c(C)c1C. The van der Waals surface area contributed by atoms with Gasteiger partial charge in [0.25, 0.3) is 0 Å². The van der Waals surface area contributed by atoms with Gasteiger partial charge < -0.3 is 9.64 Å². The van der Waals surface area contributed by atoms with E-state index in [9.17, 15) is 13.2 Å². The van der Waals surface area contributed by atoms with Gasteiger partial charge in [0.05, 0.1) is 12.0 Å². The molecule has 0 spiro atoms. The van der Waals surface area contributed by atoms with Gasteiger partial charge in [-0.3, -0.25) is 4.79 Å². The molecular formula is C21H32N2O4S. The van der Waals surface area contributed by atoms with Crippen LogP contribution in [0.3, 0.4) is 0 Å². The topological polar surface area (TPSA) is 66.9 Å². The Morgan fingerprint density at radius 2 is 1.86 bits per heavy atom. The maximum atomic E-state index is 13.7. The van der Waals surface area contributed by atoms with Gasteiger partial charge >= 0.3 is 0 Å². The highest BCUT2D eigenvalue weighted by Gasteiger charge is 2.36. The van der Waals surface area contributed by atoms with Gasteiger partial charge in [0.1, 0.15) is 5.75 Å². The molecule has 1 atom stereocenters. The molecule has 2 aliphatic heterocycles. The van der Waals surface area contributed by atoms with Gasteiger partial charge in [-0.25, -0.2) is 8.42 Å². The number of benzene rings is 1. The van der Waals surface area contributed by atoms with Crippen molar-refractivity contribution in [2.45, 2.75) is 70.2 Å². The number of carbonyl (C=O) groups excluding carboxylic acids is 1. The number of likely N-dealkylation sites (tertiary alicyclic amines) is 1. The first-order valence-corrected chi connectivity index (χ1v) is 11.7. The lowest BCUT2D eigenvalue weighted by atomic mass is 10.0. The van der Waals surface area contributed by atoms with E-state index in [1.165, 1.54) is 0 Å². The fourth-order valence-electron chi connectivity index (χ4n) is 4.57. The molecule has 0 radical (unpaired) electrons. The smallest absolute Gasteiger partial charge is 0.243 e. The van der Waals surface area contributed by atoms with Crippen LogP contribution < -0.4 is 4.74 Å². The number of rotatable bonds is 6. The molecule has 0 bridgehead atoms. The van der Waals surface area contributed by atoms with E-state index in [0.29, 0.717) is 30.8 Å². The summed E-state index contributed by atoms with van der Waals surface area (Å²) in [5.41, 5.74) is 2.35. The van der Waals surface area contributed by atoms with Gasteiger partial charge in [-0.15, -0.1) is 0 Å². The van der Waals surface area contributed by atoms with Crippen LogP contribution in [0.2, 0.25) is 0 Å². The summed E-state index contributed by atoms with van der Waals surface area (Å²) in [7, 11) is -2.00. The van der Waals surface area contributed by atoms with Gasteiger partial charge in [-0.1, -0.05) is 6.42 Å². The number of carbonyl (C=O) groups is 1. The van der Waals surface area contributed by atoms with Crippen LogP contribution in [0.4, 0.5) is 0 Å². The van der Waals surface area contributed by atoms with Crippen molar-refractivity contribution in [3.05, 3.63) is 22.8 Å². The summed E-state index contributed by atoms with van der Waals surface area (Å²) in [5, 5.41) is 0. The van der Waals surface area contributed by atoms with Crippen molar-refractivity contribution in [1.29, 1.82) is 0 Å². The Morgan fingerprint density at radius 3 is 2.50 bits per heavy atom. The van der Waals surface area contributed by atoms with E-state index in [2.05, 4.69) is 0 Å². The third-order valence-corrected chi connectivity index (χ3v) is 8.48. The predicted molar refractivity (Wildman–Crippen MR) is 109 cm³/mol. The van der Waals surface area contributed by atoms with Crippen LogP contribution >= 0.6 is 0 Å². The Labute approximate surface area is 168 Å². The summed E-state index contributed by atoms with van der Waals surface area (Å²) < 4.78 is 34.4. The van der Waals surface area contributed by atoms with Crippen LogP contribution in [0, 0.1) is 20.8 Å². The van der Waals surface area contributed by atoms with Gasteiger partial charge in [0.15, 0.2) is 0 Å². The van der Waals surface area contributed by atoms with Crippen LogP contribution in [0.1, 0.15) is 55.2 Å². The molecule has 28 heavy (non-hydrogen) atoms. The van der Waals surface area contributed by atoms with Crippen LogP contribution in [0.15, 0.2) is 11.0 Å². The molecule has 0 N–H and O–H groups in total. The number of hydrogen-bond donors (Lipinski definition) is 0. The van der Waals surface area contributed by atoms with E-state index < -0.39 is 10.0 Å². The van der Waals surface area contributed by atoms with E-state index in [-0.39, 0.29) is 11.9 Å². The average molecular weight is 409 g/mol. The molecule has 0 saturated carbocycles. The zero-order valence-corrected chi connectivity index (χ0v) is 18.3. The van der Waals surface area contributed by atoms with Gasteiger partial charge in [-0.05, 0) is 69.2 Å². The zero-order valence-electron chi connectivity index (χ0n) is 17.5. The molecule has 2 aliphatic rings. The summed E-state index contributed by atoms with van der Waals surface area (Å²) >= 11 is 0. The molecule has 1 aromatic rings. The van der Waals surface area contributed by atoms with Crippen molar-refractivity contribution in [3.63, 3.8) is 0 Å². The van der Waals surface area contributed by atoms with Crippen molar-refractivity contribution in [2.24, 2.45) is 0 Å². The molecule has 156 valence electrons. The maximum Gasteiger partial charge on any atom is 0.243 e. The first-order valence-electron chi connectivity index (χ1n) is 10.2. The Balaban J connectivity index is 1.88. The van der Waals surface area contributed by atoms with E-state index in [0.717, 1.165) is 54.7 Å². The summed E-state index contributed by atoms with van der Waals surface area (Å²) in [6.07, 6.45) is 5.01. The fraction of sp³-hybridized carbons (Fsp3) is 0.667. The van der Waals surface area contributed by atoms with Gasteiger partial charge in [0, 0.05) is 32.1 Å². The molecular weight excluding hydrogens is 376 g/mol. The molecule has 2 fully saturated rings. The first-order chi connectivity index (χ1) is 13.3. The van der Waals surface area contributed by atoms with E-state index >= 15 is 0 Å². The number of ether oxygens (including phenoxy) is 1. The number of hydrogen-bond acceptors (Lipinski definition) is 4. The highest BCUT2D eigenvalue weighted by atomic mass is 32.2. The quantitative estimate of drug-likeness (QED) is 0.725. The largest absolute Gasteiger partial charge is 0.496 e. The first kappa shape index (κ1) is 21.1. The molecule has 1 unspecified atom stereocenters. The van der Waals surface area contributed by atoms with Gasteiger partial charge in [0.2, 0.25) is 15.9 Å². The number of sulfonamides is 1. The standard InChI is InChI=1S/C21H32N2O4S/c1-15-14-19(27-4)16(2)17(3)21(15)28(25,26)23-12-6-5-8-18(23)10-13-22-11-7-9-20(22)24/h14,18H,5-13H2,1-4H3. The van der Waals surface area contributed by atoms with E-state index in [1.54, 1.807) is 11.4 Å². The van der Waals surface area contributed by atoms with Crippen molar-refractivity contribution >= 4 is 15.9 Å². The minimum atomic E-state index is -3.60. The zero-order chi connectivity index (χ0) is 20.5. The lowest BCUT2D eigenvalue weighted by Crippen LogP contribution is -2.45. The molecule has 1 amide bonds. The van der Waals surface area contributed by atoms with Crippen molar-refractivity contribution < 1.29 is 17.9 Å². The van der Waals surface area contributed by atoms with Crippen LogP contribution in [0.25, 0.3) is 0 Å². The highest BCUT2D eigenvalue weighted by Crippen LogP contribution is 2.35. The Kier molecular flexibility index (Phi) is 6.34. The number of methoxy groups -OCH3 is 1. The molecule has 0 aromatic heterocycles. The Bertz CT molecular complexity index is 850. The molecule has 7 heteroatoms. The molecule has 2 saturated heterocycles. The summed E-state index contributed by atoms with van der Waals surface area (Å²) in [6, 6.07) is 1.77. The fourth-order valence-corrected chi connectivity index (χ4v) is 6.78. The molecule has 3 rings (SSSR count). The number of aryl methyl sites for hydroxylation is 1. The molecule has 1 aromatic carbocycles. The van der Waals surface area contributed by atoms with Crippen molar-refractivity contribution in [1.82, 2.24) is 9.21 Å². The summed E-state index contributed by atoms with van der Waals surface area (Å²) in [4.78, 5) is 14.2. The minimum absolute atomic E-state index is 0.0478. The number of piperidine rings is 1. The molecule has 2 heterocycles. The summed E-state index contributed by atoms with van der Waals surface area (Å²) in [5.74, 6) is 0.916. The average Bonchev–Trinajstić information content (AvgIpc) is 3.08. The second-order valence-electron chi connectivity index (χ2n) is 8.01. The summed E-state index contributed by atoms with van der Waals surface area (Å²) in [6.45, 7) is 7.59. The Morgan fingerprint density at radius 1 is 1.11 bits per heavy atom. The van der Waals surface area contributed by atoms with Crippen LogP contribution in [-0.2, 0) is 14.8 Å². The lowest BCUT2D eigenvalue weighted by molar-refractivity contribution is -0.127. The van der Waals surface area contributed by atoms with E-state index in [4.69, 9.17) is 4.74 Å². The third kappa shape index (κ3) is 3.92. The third-order valence-electron chi connectivity index (χ3n) is 6.24. The number of amides is 1. The highest BCUT2D eigenvalue weighted by molar-refractivity contribution is 7.89. The van der Waals surface area contributed by atoms with Crippen molar-refractivity contribution in [2.75, 3.05) is 26.7 Å². The predicted octanol–water partition coefficient (Wildman–Crippen LogP) is 3.18. The second kappa shape index (κ2) is 8.41. The Hall–Kier alpha value is -1.60. The van der Waals surface area contributed by atoms with Gasteiger partial charge in [-0.2, -0.15) is 4.31 Å². The molecule has 0 aliphatic carbocycles. The monoisotopic (exact) mass is 408 g/mol. The maximum absolute atomic E-state index is 13.7. The lowest BCUT2D eigenvalue weighted by Gasteiger charge is -2.36. The normalized spacial score (nSPS) is 21.4. The van der Waals surface area contributed by atoms with Crippen LogP contribution in [0.5, 0.6) is 5.75 Å². The van der Waals surface area contributed by atoms with Crippen LogP contribution in [-0.4, -0.2) is 56.3 Å². The molecule has 6 nitrogen and oxygen atoms in total. The second-order valence-corrected chi connectivity index (χ2v) is 9.84. The van der Waals surface area contributed by atoms with Crippen molar-refractivity contribution in [3.8, 4) is 5.75 Å².